The van der Waals surface area contributed by atoms with Gasteiger partial charge in [-0.05, 0) is 19.4 Å². The van der Waals surface area contributed by atoms with Crippen LogP contribution >= 0.6 is 0 Å². The summed E-state index contributed by atoms with van der Waals surface area (Å²) in [7, 11) is 0. The highest BCUT2D eigenvalue weighted by Crippen LogP contribution is 2.16. The molecule has 1 heterocycles. The number of allylic oxidation sites excluding steroid dienone is 2. The maximum Gasteiger partial charge on any atom is 0.157 e. The molecule has 0 saturated carbocycles. The molecule has 0 spiro atoms. The molecule has 1 aliphatic rings. The number of aliphatic hydroxyl groups excluding tert-OH is 1. The molecular weight excluding hydrogens is 168 g/mol. The van der Waals surface area contributed by atoms with Gasteiger partial charge in [0.25, 0.3) is 0 Å². The number of carbonyl (C=O) groups excluding carboxylic acids is 1. The van der Waals surface area contributed by atoms with Crippen LogP contribution in [0.1, 0.15) is 26.2 Å². The van der Waals surface area contributed by atoms with E-state index in [1.165, 1.54) is 0 Å². The first-order chi connectivity index (χ1) is 6.22. The van der Waals surface area contributed by atoms with Crippen molar-refractivity contribution < 1.29 is 14.6 Å². The molecule has 3 nitrogen and oxygen atoms in total. The smallest absolute Gasteiger partial charge is 0.157 e. The van der Waals surface area contributed by atoms with Crippen LogP contribution in [-0.4, -0.2) is 29.7 Å². The second-order valence-electron chi connectivity index (χ2n) is 3.34. The Morgan fingerprint density at radius 3 is 3.08 bits per heavy atom. The lowest BCUT2D eigenvalue weighted by Crippen LogP contribution is -2.30. The number of hydrogen-bond acceptors (Lipinski definition) is 3. The Morgan fingerprint density at radius 2 is 2.46 bits per heavy atom. The summed E-state index contributed by atoms with van der Waals surface area (Å²) in [5, 5.41) is 9.31. The summed E-state index contributed by atoms with van der Waals surface area (Å²) in [5.41, 5.74) is 0. The summed E-state index contributed by atoms with van der Waals surface area (Å²) in [4.78, 5) is 11.2. The van der Waals surface area contributed by atoms with Crippen LogP contribution in [0.25, 0.3) is 0 Å². The minimum absolute atomic E-state index is 0.0709. The number of rotatable bonds is 3. The SMILES string of the molecule is C/C=C/C(=O)C[C@H]1C[C@@H](O)CCO1. The maximum absolute atomic E-state index is 11.2. The third kappa shape index (κ3) is 3.70. The molecule has 0 aromatic rings. The largest absolute Gasteiger partial charge is 0.393 e. The van der Waals surface area contributed by atoms with E-state index >= 15 is 0 Å². The Kier molecular flexibility index (Phi) is 4.12. The summed E-state index contributed by atoms with van der Waals surface area (Å²) in [5.74, 6) is 0.0709. The number of aliphatic hydroxyl groups is 1. The van der Waals surface area contributed by atoms with Crippen LogP contribution in [-0.2, 0) is 9.53 Å². The number of carbonyl (C=O) groups is 1. The Bertz CT molecular complexity index is 198. The molecule has 0 radical (unpaired) electrons. The Morgan fingerprint density at radius 1 is 1.69 bits per heavy atom. The first kappa shape index (κ1) is 10.4. The molecular formula is C10H16O3. The van der Waals surface area contributed by atoms with Crippen LogP contribution in [0.2, 0.25) is 0 Å². The molecule has 1 N–H and O–H groups in total. The second kappa shape index (κ2) is 5.14. The fourth-order valence-corrected chi connectivity index (χ4v) is 1.48. The molecule has 1 aliphatic heterocycles. The van der Waals surface area contributed by atoms with E-state index in [9.17, 15) is 9.90 Å². The molecule has 0 aliphatic carbocycles. The van der Waals surface area contributed by atoms with E-state index in [-0.39, 0.29) is 18.0 Å². The molecule has 0 aromatic heterocycles. The average Bonchev–Trinajstić information content (AvgIpc) is 2.04. The third-order valence-corrected chi connectivity index (χ3v) is 2.12. The molecule has 2 atom stereocenters. The number of ketones is 1. The zero-order valence-corrected chi connectivity index (χ0v) is 7.90. The topological polar surface area (TPSA) is 46.5 Å². The molecule has 74 valence electrons. The van der Waals surface area contributed by atoms with Crippen molar-refractivity contribution in [1.29, 1.82) is 0 Å². The molecule has 1 rings (SSSR count). The predicted octanol–water partition coefficient (Wildman–Crippen LogP) is 1.06. The zero-order valence-electron chi connectivity index (χ0n) is 7.90. The molecule has 1 saturated heterocycles. The summed E-state index contributed by atoms with van der Waals surface area (Å²) in [6, 6.07) is 0. The second-order valence-corrected chi connectivity index (χ2v) is 3.34. The van der Waals surface area contributed by atoms with E-state index in [2.05, 4.69) is 0 Å². The molecule has 1 fully saturated rings. The van der Waals surface area contributed by atoms with Gasteiger partial charge in [-0.15, -0.1) is 0 Å². The average molecular weight is 184 g/mol. The monoisotopic (exact) mass is 184 g/mol. The minimum atomic E-state index is -0.294. The molecule has 0 aromatic carbocycles. The molecule has 13 heavy (non-hydrogen) atoms. The van der Waals surface area contributed by atoms with Gasteiger partial charge in [0, 0.05) is 19.4 Å². The highest BCUT2D eigenvalue weighted by molar-refractivity contribution is 5.89. The van der Waals surface area contributed by atoms with Gasteiger partial charge in [0.05, 0.1) is 12.2 Å². The fourth-order valence-electron chi connectivity index (χ4n) is 1.48. The van der Waals surface area contributed by atoms with Crippen molar-refractivity contribution in [2.24, 2.45) is 0 Å². The van der Waals surface area contributed by atoms with Gasteiger partial charge < -0.3 is 9.84 Å². The summed E-state index contributed by atoms with van der Waals surface area (Å²) < 4.78 is 5.35. The summed E-state index contributed by atoms with van der Waals surface area (Å²) >= 11 is 0. The van der Waals surface area contributed by atoms with Gasteiger partial charge in [0.1, 0.15) is 0 Å². The highest BCUT2D eigenvalue weighted by atomic mass is 16.5. The zero-order chi connectivity index (χ0) is 9.68. The van der Waals surface area contributed by atoms with E-state index in [0.717, 1.165) is 0 Å². The number of hydrogen-bond donors (Lipinski definition) is 1. The van der Waals surface area contributed by atoms with Crippen molar-refractivity contribution in [1.82, 2.24) is 0 Å². The first-order valence-corrected chi connectivity index (χ1v) is 4.67. The van der Waals surface area contributed by atoms with Gasteiger partial charge in [-0.1, -0.05) is 6.08 Å². The summed E-state index contributed by atoms with van der Waals surface area (Å²) in [6.07, 6.45) is 4.55. The molecule has 3 heteroatoms. The Labute approximate surface area is 78.4 Å². The predicted molar refractivity (Wildman–Crippen MR) is 49.4 cm³/mol. The van der Waals surface area contributed by atoms with E-state index in [1.54, 1.807) is 12.2 Å². The van der Waals surface area contributed by atoms with Crippen molar-refractivity contribution in [2.45, 2.75) is 38.4 Å². The lowest BCUT2D eigenvalue weighted by molar-refractivity contribution is -0.119. The molecule has 0 amide bonds. The van der Waals surface area contributed by atoms with Crippen LogP contribution in [0, 0.1) is 0 Å². The lowest BCUT2D eigenvalue weighted by Gasteiger charge is -2.25. The van der Waals surface area contributed by atoms with E-state index in [1.807, 2.05) is 6.92 Å². The van der Waals surface area contributed by atoms with Crippen molar-refractivity contribution in [3.8, 4) is 0 Å². The Balaban J connectivity index is 2.31. The normalized spacial score (nSPS) is 29.4. The summed E-state index contributed by atoms with van der Waals surface area (Å²) in [6.45, 7) is 2.38. The van der Waals surface area contributed by atoms with Crippen LogP contribution < -0.4 is 0 Å². The van der Waals surface area contributed by atoms with Crippen molar-refractivity contribution in [2.75, 3.05) is 6.61 Å². The van der Waals surface area contributed by atoms with Crippen molar-refractivity contribution in [3.05, 3.63) is 12.2 Å². The van der Waals surface area contributed by atoms with Gasteiger partial charge in [0.2, 0.25) is 0 Å². The van der Waals surface area contributed by atoms with Crippen LogP contribution in [0.15, 0.2) is 12.2 Å². The highest BCUT2D eigenvalue weighted by Gasteiger charge is 2.21. The quantitative estimate of drug-likeness (QED) is 0.667. The lowest BCUT2D eigenvalue weighted by atomic mass is 10.0. The van der Waals surface area contributed by atoms with Gasteiger partial charge in [0.15, 0.2) is 5.78 Å². The van der Waals surface area contributed by atoms with Crippen molar-refractivity contribution in [3.63, 3.8) is 0 Å². The van der Waals surface area contributed by atoms with E-state index < -0.39 is 0 Å². The van der Waals surface area contributed by atoms with E-state index in [4.69, 9.17) is 4.74 Å². The fraction of sp³-hybridized carbons (Fsp3) is 0.700. The molecule has 0 bridgehead atoms. The van der Waals surface area contributed by atoms with Gasteiger partial charge in [-0.2, -0.15) is 0 Å². The van der Waals surface area contributed by atoms with Crippen LogP contribution in [0.4, 0.5) is 0 Å². The van der Waals surface area contributed by atoms with Crippen LogP contribution in [0.5, 0.6) is 0 Å². The molecule has 0 unspecified atom stereocenters. The number of ether oxygens (including phenoxy) is 1. The van der Waals surface area contributed by atoms with E-state index in [0.29, 0.717) is 25.9 Å². The van der Waals surface area contributed by atoms with Crippen LogP contribution in [0.3, 0.4) is 0 Å². The van der Waals surface area contributed by atoms with Gasteiger partial charge in [-0.3, -0.25) is 4.79 Å². The first-order valence-electron chi connectivity index (χ1n) is 4.67. The maximum atomic E-state index is 11.2. The van der Waals surface area contributed by atoms with Crippen molar-refractivity contribution >= 4 is 5.78 Å². The minimum Gasteiger partial charge on any atom is -0.393 e. The van der Waals surface area contributed by atoms with Gasteiger partial charge in [-0.25, -0.2) is 0 Å². The Hall–Kier alpha value is -0.670. The third-order valence-electron chi connectivity index (χ3n) is 2.12. The van der Waals surface area contributed by atoms with Gasteiger partial charge >= 0.3 is 0 Å². The standard InChI is InChI=1S/C10H16O3/c1-2-3-8(11)6-10-7-9(12)4-5-13-10/h2-3,9-10,12H,4-7H2,1H3/b3-2+/t9-,10-/m0/s1.